The number of hydrogen-bond donors (Lipinski definition) is 2. The molecule has 5 heteroatoms. The molecule has 1 rings (SSSR count). The van der Waals surface area contributed by atoms with E-state index in [1.165, 1.54) is 0 Å². The molecule has 0 aliphatic rings. The van der Waals surface area contributed by atoms with Crippen LogP contribution in [0.5, 0.6) is 0 Å². The highest BCUT2D eigenvalue weighted by atomic mass is 16.2. The van der Waals surface area contributed by atoms with E-state index in [1.54, 1.807) is 37.3 Å². The normalized spacial score (nSPS) is 9.26. The number of carbonyl (C=O) groups is 2. The fourth-order valence-electron chi connectivity index (χ4n) is 1.32. The summed E-state index contributed by atoms with van der Waals surface area (Å²) in [4.78, 5) is 22.5. The van der Waals surface area contributed by atoms with Gasteiger partial charge in [-0.05, 0) is 24.6 Å². The molecule has 0 radical (unpaired) electrons. The molecule has 2 N–H and O–H groups in total. The van der Waals surface area contributed by atoms with Crippen molar-refractivity contribution in [2.24, 2.45) is 0 Å². The van der Waals surface area contributed by atoms with Crippen molar-refractivity contribution in [2.75, 3.05) is 5.32 Å². The highest BCUT2D eigenvalue weighted by molar-refractivity contribution is 5.92. The van der Waals surface area contributed by atoms with Crippen LogP contribution in [0, 0.1) is 11.3 Å². The lowest BCUT2D eigenvalue weighted by atomic mass is 10.2. The number of hydrogen-bond acceptors (Lipinski definition) is 3. The second-order valence-corrected chi connectivity index (χ2v) is 4.04. The molecule has 0 saturated carbocycles. The summed E-state index contributed by atoms with van der Waals surface area (Å²) < 4.78 is 0. The first-order valence-electron chi connectivity index (χ1n) is 5.72. The first-order chi connectivity index (χ1) is 9.02. The molecule has 0 aliphatic heterocycles. The molecule has 0 atom stereocenters. The Hall–Kier alpha value is -2.61. The second-order valence-electron chi connectivity index (χ2n) is 4.04. The van der Waals surface area contributed by atoms with E-state index in [0.29, 0.717) is 17.8 Å². The Kier molecular flexibility index (Phi) is 5.30. The molecule has 2 amide bonds. The van der Waals surface area contributed by atoms with Crippen LogP contribution in [0.25, 0.3) is 0 Å². The average Bonchev–Trinajstić information content (AvgIpc) is 2.37. The fourth-order valence-corrected chi connectivity index (χ4v) is 1.32. The van der Waals surface area contributed by atoms with Crippen molar-refractivity contribution in [3.63, 3.8) is 0 Å². The van der Waals surface area contributed by atoms with E-state index in [1.807, 2.05) is 0 Å². The summed E-state index contributed by atoms with van der Waals surface area (Å²) in [6.45, 7) is 5.59. The minimum Gasteiger partial charge on any atom is -0.348 e. The zero-order valence-electron chi connectivity index (χ0n) is 10.7. The van der Waals surface area contributed by atoms with Gasteiger partial charge in [0.1, 0.15) is 6.42 Å². The van der Waals surface area contributed by atoms with Crippen LogP contribution in [0.4, 0.5) is 5.69 Å². The van der Waals surface area contributed by atoms with Gasteiger partial charge >= 0.3 is 0 Å². The molecule has 1 aromatic carbocycles. The van der Waals surface area contributed by atoms with Gasteiger partial charge in [0.05, 0.1) is 6.07 Å². The van der Waals surface area contributed by atoms with Crippen LogP contribution in [-0.4, -0.2) is 11.8 Å². The third-order valence-corrected chi connectivity index (χ3v) is 2.32. The molecule has 0 bridgehead atoms. The van der Waals surface area contributed by atoms with E-state index in [-0.39, 0.29) is 18.2 Å². The van der Waals surface area contributed by atoms with Crippen LogP contribution < -0.4 is 10.6 Å². The molecular weight excluding hydrogens is 242 g/mol. The number of anilines is 1. The maximum absolute atomic E-state index is 11.3. The molecule has 0 aromatic heterocycles. The van der Waals surface area contributed by atoms with E-state index in [9.17, 15) is 9.59 Å². The highest BCUT2D eigenvalue weighted by Gasteiger charge is 2.03. The van der Waals surface area contributed by atoms with Crippen LogP contribution >= 0.6 is 0 Å². The van der Waals surface area contributed by atoms with Crippen LogP contribution in [0.2, 0.25) is 0 Å². The van der Waals surface area contributed by atoms with Crippen molar-refractivity contribution < 1.29 is 9.59 Å². The summed E-state index contributed by atoms with van der Waals surface area (Å²) in [6.07, 6.45) is -0.170. The number of nitrogens with zero attached hydrogens (tertiary/aromatic N) is 1. The van der Waals surface area contributed by atoms with Gasteiger partial charge in [-0.25, -0.2) is 0 Å². The van der Waals surface area contributed by atoms with Gasteiger partial charge in [0.2, 0.25) is 11.8 Å². The molecule has 0 aliphatic carbocycles. The molecule has 0 fully saturated rings. The lowest BCUT2D eigenvalue weighted by Crippen LogP contribution is -2.22. The van der Waals surface area contributed by atoms with Crippen molar-refractivity contribution in [3.05, 3.63) is 42.0 Å². The van der Waals surface area contributed by atoms with Crippen molar-refractivity contribution in [1.82, 2.24) is 5.32 Å². The average molecular weight is 257 g/mol. The van der Waals surface area contributed by atoms with E-state index >= 15 is 0 Å². The smallest absolute Gasteiger partial charge is 0.246 e. The van der Waals surface area contributed by atoms with Gasteiger partial charge in [-0.2, -0.15) is 5.26 Å². The van der Waals surface area contributed by atoms with Gasteiger partial charge in [-0.15, -0.1) is 0 Å². The van der Waals surface area contributed by atoms with Crippen LogP contribution in [0.15, 0.2) is 36.4 Å². The topological polar surface area (TPSA) is 82.0 Å². The lowest BCUT2D eigenvalue weighted by molar-refractivity contribution is -0.117. The second kappa shape index (κ2) is 6.97. The number of rotatable bonds is 5. The molecule has 0 unspecified atom stereocenters. The molecule has 1 aromatic rings. The van der Waals surface area contributed by atoms with Crippen LogP contribution in [0.1, 0.15) is 18.9 Å². The van der Waals surface area contributed by atoms with E-state index in [0.717, 1.165) is 5.56 Å². The van der Waals surface area contributed by atoms with Crippen molar-refractivity contribution in [1.29, 1.82) is 5.26 Å². The molecule has 0 heterocycles. The maximum atomic E-state index is 11.3. The molecule has 5 nitrogen and oxygen atoms in total. The summed E-state index contributed by atoms with van der Waals surface area (Å²) in [7, 11) is 0. The summed E-state index contributed by atoms with van der Waals surface area (Å²) in [5, 5.41) is 13.7. The zero-order chi connectivity index (χ0) is 14.3. The number of carbonyl (C=O) groups excluding carboxylic acids is 2. The van der Waals surface area contributed by atoms with Gasteiger partial charge in [0, 0.05) is 17.8 Å². The molecule has 98 valence electrons. The van der Waals surface area contributed by atoms with Gasteiger partial charge in [0.15, 0.2) is 0 Å². The predicted molar refractivity (Wildman–Crippen MR) is 72.0 cm³/mol. The van der Waals surface area contributed by atoms with Crippen LogP contribution in [-0.2, 0) is 16.1 Å². The SMILES string of the molecule is C=C(C)C(=O)NCc1ccc(NC(=O)CC#N)cc1. The van der Waals surface area contributed by atoms with Crippen molar-refractivity contribution in [3.8, 4) is 6.07 Å². The Morgan fingerprint density at radius 3 is 2.47 bits per heavy atom. The van der Waals surface area contributed by atoms with Crippen molar-refractivity contribution >= 4 is 17.5 Å². The lowest BCUT2D eigenvalue weighted by Gasteiger charge is -2.06. The summed E-state index contributed by atoms with van der Waals surface area (Å²) >= 11 is 0. The summed E-state index contributed by atoms with van der Waals surface area (Å²) in [6, 6.07) is 8.80. The Bertz CT molecular complexity index is 527. The van der Waals surface area contributed by atoms with E-state index < -0.39 is 0 Å². The van der Waals surface area contributed by atoms with E-state index in [4.69, 9.17) is 5.26 Å². The van der Waals surface area contributed by atoms with Crippen molar-refractivity contribution in [2.45, 2.75) is 19.9 Å². The third-order valence-electron chi connectivity index (χ3n) is 2.32. The Morgan fingerprint density at radius 2 is 1.95 bits per heavy atom. The highest BCUT2D eigenvalue weighted by Crippen LogP contribution is 2.09. The largest absolute Gasteiger partial charge is 0.348 e. The third kappa shape index (κ3) is 5.04. The van der Waals surface area contributed by atoms with Crippen LogP contribution in [0.3, 0.4) is 0 Å². The Labute approximate surface area is 111 Å². The molecule has 0 spiro atoms. The first-order valence-corrected chi connectivity index (χ1v) is 5.72. The minimum absolute atomic E-state index is 0.170. The van der Waals surface area contributed by atoms with Gasteiger partial charge in [0.25, 0.3) is 0 Å². The first kappa shape index (κ1) is 14.5. The van der Waals surface area contributed by atoms with Gasteiger partial charge in [-0.3, -0.25) is 9.59 Å². The molecule has 19 heavy (non-hydrogen) atoms. The number of nitriles is 1. The summed E-state index contributed by atoms with van der Waals surface area (Å²) in [5.41, 5.74) is 1.99. The van der Waals surface area contributed by atoms with Gasteiger partial charge < -0.3 is 10.6 Å². The standard InChI is InChI=1S/C14H15N3O2/c1-10(2)14(19)16-9-11-3-5-12(6-4-11)17-13(18)7-8-15/h3-6H,1,7,9H2,2H3,(H,16,19)(H,17,18). The summed E-state index contributed by atoms with van der Waals surface area (Å²) in [5.74, 6) is -0.530. The minimum atomic E-state index is -0.342. The van der Waals surface area contributed by atoms with Gasteiger partial charge in [-0.1, -0.05) is 18.7 Å². The number of benzene rings is 1. The Morgan fingerprint density at radius 1 is 1.32 bits per heavy atom. The monoisotopic (exact) mass is 257 g/mol. The maximum Gasteiger partial charge on any atom is 0.246 e. The molecular formula is C14H15N3O2. The quantitative estimate of drug-likeness (QED) is 0.788. The molecule has 0 saturated heterocycles. The zero-order valence-corrected chi connectivity index (χ0v) is 10.7. The number of amides is 2. The predicted octanol–water partition coefficient (Wildman–Crippen LogP) is 1.73. The Balaban J connectivity index is 2.52. The number of nitrogens with one attached hydrogen (secondary N) is 2. The fraction of sp³-hybridized carbons (Fsp3) is 0.214. The van der Waals surface area contributed by atoms with E-state index in [2.05, 4.69) is 17.2 Å².